The molecule has 1 N–H and O–H groups in total. The SMILES string of the molecule is Cc1ccsc1CNC(=O)Cc1csc(-c2cccs2)n1. The maximum Gasteiger partial charge on any atom is 0.226 e. The van der Waals surface area contributed by atoms with Crippen LogP contribution in [-0.2, 0) is 17.8 Å². The number of thiophene rings is 2. The molecule has 3 nitrogen and oxygen atoms in total. The van der Waals surface area contributed by atoms with Gasteiger partial charge in [0, 0.05) is 10.3 Å². The summed E-state index contributed by atoms with van der Waals surface area (Å²) < 4.78 is 0. The zero-order chi connectivity index (χ0) is 14.7. The minimum atomic E-state index is 0.0193. The number of hydrogen-bond acceptors (Lipinski definition) is 5. The Hall–Kier alpha value is -1.50. The van der Waals surface area contributed by atoms with E-state index >= 15 is 0 Å². The standard InChI is InChI=1S/C15H14N2OS3/c1-10-4-6-20-13(10)8-16-14(18)7-11-9-21-15(17-11)12-3-2-5-19-12/h2-6,9H,7-8H2,1H3,(H,16,18). The topological polar surface area (TPSA) is 42.0 Å². The molecule has 1 amide bonds. The number of rotatable bonds is 5. The van der Waals surface area contributed by atoms with Gasteiger partial charge in [-0.25, -0.2) is 4.98 Å². The second-order valence-corrected chi connectivity index (χ2v) is 7.41. The third-order valence-corrected chi connectivity index (χ3v) is 5.99. The highest BCUT2D eigenvalue weighted by Crippen LogP contribution is 2.27. The predicted molar refractivity (Wildman–Crippen MR) is 90.0 cm³/mol. The number of aryl methyl sites for hydroxylation is 1. The van der Waals surface area contributed by atoms with E-state index < -0.39 is 0 Å². The molecule has 3 heterocycles. The molecule has 0 aliphatic carbocycles. The Bertz CT molecular complexity index is 728. The van der Waals surface area contributed by atoms with Crippen LogP contribution >= 0.6 is 34.0 Å². The van der Waals surface area contributed by atoms with Gasteiger partial charge < -0.3 is 5.32 Å². The Morgan fingerprint density at radius 2 is 2.14 bits per heavy atom. The van der Waals surface area contributed by atoms with Crippen LogP contribution in [0.2, 0.25) is 0 Å². The molecule has 0 bridgehead atoms. The monoisotopic (exact) mass is 334 g/mol. The van der Waals surface area contributed by atoms with Crippen molar-refractivity contribution >= 4 is 39.9 Å². The van der Waals surface area contributed by atoms with Crippen LogP contribution in [-0.4, -0.2) is 10.9 Å². The summed E-state index contributed by atoms with van der Waals surface area (Å²) in [5.74, 6) is 0.0193. The number of aromatic nitrogens is 1. The molecule has 3 rings (SSSR count). The Morgan fingerprint density at radius 3 is 2.86 bits per heavy atom. The molecule has 0 fully saturated rings. The number of carbonyl (C=O) groups is 1. The molecule has 0 aliphatic rings. The first-order chi connectivity index (χ1) is 10.2. The minimum Gasteiger partial charge on any atom is -0.351 e. The van der Waals surface area contributed by atoms with Crippen molar-refractivity contribution in [2.45, 2.75) is 19.9 Å². The van der Waals surface area contributed by atoms with Gasteiger partial charge in [0.2, 0.25) is 5.91 Å². The predicted octanol–water partition coefficient (Wildman–Crippen LogP) is 4.10. The lowest BCUT2D eigenvalue weighted by Crippen LogP contribution is -2.24. The van der Waals surface area contributed by atoms with Gasteiger partial charge in [-0.2, -0.15) is 0 Å². The number of nitrogens with one attached hydrogen (secondary N) is 1. The van der Waals surface area contributed by atoms with Gasteiger partial charge >= 0.3 is 0 Å². The van der Waals surface area contributed by atoms with Gasteiger partial charge in [0.1, 0.15) is 5.01 Å². The van der Waals surface area contributed by atoms with Crippen LogP contribution in [0.25, 0.3) is 9.88 Å². The smallest absolute Gasteiger partial charge is 0.226 e. The first-order valence-electron chi connectivity index (χ1n) is 6.50. The first-order valence-corrected chi connectivity index (χ1v) is 9.14. The van der Waals surface area contributed by atoms with Gasteiger partial charge in [0.25, 0.3) is 0 Å². The molecular weight excluding hydrogens is 320 g/mol. The normalized spacial score (nSPS) is 10.7. The number of thiazole rings is 1. The molecule has 0 spiro atoms. The maximum absolute atomic E-state index is 12.0. The lowest BCUT2D eigenvalue weighted by Gasteiger charge is -2.03. The molecule has 0 saturated carbocycles. The Kier molecular flexibility index (Phi) is 4.48. The van der Waals surface area contributed by atoms with Crippen LogP contribution < -0.4 is 5.32 Å². The minimum absolute atomic E-state index is 0.0193. The molecule has 0 radical (unpaired) electrons. The van der Waals surface area contributed by atoms with E-state index in [2.05, 4.69) is 23.3 Å². The number of carbonyl (C=O) groups excluding carboxylic acids is 1. The average Bonchev–Trinajstić information content (AvgIpc) is 3.17. The van der Waals surface area contributed by atoms with Crippen molar-refractivity contribution < 1.29 is 4.79 Å². The van der Waals surface area contributed by atoms with Crippen LogP contribution in [0.4, 0.5) is 0 Å². The fraction of sp³-hybridized carbons (Fsp3) is 0.200. The molecule has 108 valence electrons. The third-order valence-electron chi connectivity index (χ3n) is 3.04. The van der Waals surface area contributed by atoms with Crippen molar-refractivity contribution in [1.29, 1.82) is 0 Å². The average molecular weight is 334 g/mol. The summed E-state index contributed by atoms with van der Waals surface area (Å²) in [6, 6.07) is 6.13. The second kappa shape index (κ2) is 6.51. The van der Waals surface area contributed by atoms with Crippen LogP contribution in [0.5, 0.6) is 0 Å². The molecule has 0 unspecified atom stereocenters. The quantitative estimate of drug-likeness (QED) is 0.763. The third kappa shape index (κ3) is 3.58. The zero-order valence-electron chi connectivity index (χ0n) is 11.5. The van der Waals surface area contributed by atoms with Gasteiger partial charge in [-0.3, -0.25) is 4.79 Å². The van der Waals surface area contributed by atoms with E-state index in [1.165, 1.54) is 10.4 Å². The van der Waals surface area contributed by atoms with E-state index in [4.69, 9.17) is 0 Å². The Labute approximate surface area is 135 Å². The second-order valence-electron chi connectivity index (χ2n) is 4.60. The fourth-order valence-corrected chi connectivity index (χ4v) is 4.37. The summed E-state index contributed by atoms with van der Waals surface area (Å²) in [5, 5.41) is 9.99. The Morgan fingerprint density at radius 1 is 1.24 bits per heavy atom. The maximum atomic E-state index is 12.0. The van der Waals surface area contributed by atoms with E-state index in [0.29, 0.717) is 13.0 Å². The number of nitrogens with zero attached hydrogens (tertiary/aromatic N) is 1. The van der Waals surface area contributed by atoms with Crippen LogP contribution in [0.15, 0.2) is 34.3 Å². The summed E-state index contributed by atoms with van der Waals surface area (Å²) in [5.41, 5.74) is 2.07. The lowest BCUT2D eigenvalue weighted by atomic mass is 10.3. The van der Waals surface area contributed by atoms with E-state index in [-0.39, 0.29) is 5.91 Å². The van der Waals surface area contributed by atoms with E-state index in [1.54, 1.807) is 34.0 Å². The summed E-state index contributed by atoms with van der Waals surface area (Å²) in [4.78, 5) is 18.9. The van der Waals surface area contributed by atoms with Gasteiger partial charge in [-0.15, -0.1) is 34.0 Å². The van der Waals surface area contributed by atoms with Gasteiger partial charge in [-0.1, -0.05) is 6.07 Å². The van der Waals surface area contributed by atoms with E-state index in [1.807, 2.05) is 28.3 Å². The molecule has 21 heavy (non-hydrogen) atoms. The molecule has 6 heteroatoms. The Balaban J connectivity index is 1.57. The highest BCUT2D eigenvalue weighted by atomic mass is 32.1. The largest absolute Gasteiger partial charge is 0.351 e. The summed E-state index contributed by atoms with van der Waals surface area (Å²) in [7, 11) is 0. The van der Waals surface area contributed by atoms with Crippen molar-refractivity contribution in [3.05, 3.63) is 50.5 Å². The molecule has 0 aromatic carbocycles. The van der Waals surface area contributed by atoms with Gasteiger partial charge in [0.05, 0.1) is 23.5 Å². The number of hydrogen-bond donors (Lipinski definition) is 1. The van der Waals surface area contributed by atoms with E-state index in [0.717, 1.165) is 15.6 Å². The molecule has 0 atom stereocenters. The van der Waals surface area contributed by atoms with Gasteiger partial charge in [-0.05, 0) is 35.4 Å². The number of amides is 1. The highest BCUT2D eigenvalue weighted by Gasteiger charge is 2.10. The van der Waals surface area contributed by atoms with Crippen molar-refractivity contribution in [1.82, 2.24) is 10.3 Å². The molecule has 3 aromatic rings. The van der Waals surface area contributed by atoms with Crippen LogP contribution in [0.1, 0.15) is 16.1 Å². The molecule has 0 aliphatic heterocycles. The van der Waals surface area contributed by atoms with Crippen LogP contribution in [0.3, 0.4) is 0 Å². The van der Waals surface area contributed by atoms with Crippen molar-refractivity contribution in [2.24, 2.45) is 0 Å². The van der Waals surface area contributed by atoms with Crippen molar-refractivity contribution in [3.63, 3.8) is 0 Å². The van der Waals surface area contributed by atoms with Crippen molar-refractivity contribution in [2.75, 3.05) is 0 Å². The van der Waals surface area contributed by atoms with Crippen LogP contribution in [0, 0.1) is 6.92 Å². The summed E-state index contributed by atoms with van der Waals surface area (Å²) in [6.45, 7) is 2.66. The van der Waals surface area contributed by atoms with Crippen molar-refractivity contribution in [3.8, 4) is 9.88 Å². The molecular formula is C15H14N2OS3. The highest BCUT2D eigenvalue weighted by molar-refractivity contribution is 7.20. The van der Waals surface area contributed by atoms with E-state index in [9.17, 15) is 4.79 Å². The molecule has 3 aromatic heterocycles. The summed E-state index contributed by atoms with van der Waals surface area (Å²) in [6.07, 6.45) is 0.340. The zero-order valence-corrected chi connectivity index (χ0v) is 13.9. The lowest BCUT2D eigenvalue weighted by molar-refractivity contribution is -0.120. The fourth-order valence-electron chi connectivity index (χ4n) is 1.89. The summed E-state index contributed by atoms with van der Waals surface area (Å²) >= 11 is 4.93. The van der Waals surface area contributed by atoms with Gasteiger partial charge in [0.15, 0.2) is 0 Å². The first kappa shape index (κ1) is 14.4. The molecule has 0 saturated heterocycles.